The van der Waals surface area contributed by atoms with Gasteiger partial charge in [-0.1, -0.05) is 6.07 Å². The summed E-state index contributed by atoms with van der Waals surface area (Å²) in [5.74, 6) is 1.64. The van der Waals surface area contributed by atoms with Gasteiger partial charge >= 0.3 is 0 Å². The number of hydrogen-bond acceptors (Lipinski definition) is 4. The third-order valence-electron chi connectivity index (χ3n) is 3.42. The van der Waals surface area contributed by atoms with Crippen LogP contribution in [0.25, 0.3) is 0 Å². The van der Waals surface area contributed by atoms with Crippen molar-refractivity contribution in [2.24, 2.45) is 0 Å². The van der Waals surface area contributed by atoms with Crippen molar-refractivity contribution in [2.45, 2.75) is 25.9 Å². The summed E-state index contributed by atoms with van der Waals surface area (Å²) in [5, 5.41) is 10.3. The zero-order valence-corrected chi connectivity index (χ0v) is 11.0. The Hall–Kier alpha value is -2.01. The van der Waals surface area contributed by atoms with Crippen molar-refractivity contribution < 1.29 is 9.47 Å². The molecule has 0 amide bonds. The van der Waals surface area contributed by atoms with E-state index in [1.807, 2.05) is 24.5 Å². The average molecular weight is 259 g/mol. The van der Waals surface area contributed by atoms with Crippen LogP contribution in [0.3, 0.4) is 0 Å². The van der Waals surface area contributed by atoms with E-state index in [-0.39, 0.29) is 12.1 Å². The van der Waals surface area contributed by atoms with Crippen molar-refractivity contribution in [3.05, 3.63) is 41.7 Å². The van der Waals surface area contributed by atoms with E-state index in [4.69, 9.17) is 9.47 Å². The van der Waals surface area contributed by atoms with Crippen LogP contribution in [-0.4, -0.2) is 17.0 Å². The van der Waals surface area contributed by atoms with Gasteiger partial charge in [-0.25, -0.2) is 0 Å². The highest BCUT2D eigenvalue weighted by atomic mass is 16.7. The molecule has 2 N–H and O–H groups in total. The normalized spacial score (nSPS) is 16.3. The number of ether oxygens (including phenoxy) is 2. The zero-order valence-electron chi connectivity index (χ0n) is 11.0. The third kappa shape index (κ3) is 2.42. The third-order valence-corrected chi connectivity index (χ3v) is 3.42. The lowest BCUT2D eigenvalue weighted by Crippen LogP contribution is -2.22. The first-order chi connectivity index (χ1) is 9.24. The molecule has 0 saturated carbocycles. The van der Waals surface area contributed by atoms with Crippen LogP contribution < -0.4 is 14.8 Å². The SMILES string of the molecule is CC(NC(C)c1ccc2c(c1)OCO2)c1cn[nH]c1. The first-order valence-electron chi connectivity index (χ1n) is 6.38. The van der Waals surface area contributed by atoms with Crippen LogP contribution >= 0.6 is 0 Å². The van der Waals surface area contributed by atoms with Gasteiger partial charge in [-0.2, -0.15) is 5.10 Å². The van der Waals surface area contributed by atoms with Crippen molar-refractivity contribution in [2.75, 3.05) is 6.79 Å². The molecule has 2 heterocycles. The minimum atomic E-state index is 0.222. The highest BCUT2D eigenvalue weighted by molar-refractivity contribution is 5.45. The Morgan fingerprint density at radius 3 is 2.74 bits per heavy atom. The number of benzene rings is 1. The fourth-order valence-electron chi connectivity index (χ4n) is 2.25. The lowest BCUT2D eigenvalue weighted by atomic mass is 10.1. The van der Waals surface area contributed by atoms with E-state index >= 15 is 0 Å². The molecule has 2 atom stereocenters. The van der Waals surface area contributed by atoms with Gasteiger partial charge in [0.1, 0.15) is 0 Å². The largest absolute Gasteiger partial charge is 0.454 e. The molecule has 1 aliphatic rings. The van der Waals surface area contributed by atoms with E-state index in [0.717, 1.165) is 17.1 Å². The summed E-state index contributed by atoms with van der Waals surface area (Å²) in [6, 6.07) is 6.51. The second-order valence-corrected chi connectivity index (χ2v) is 4.75. The maximum Gasteiger partial charge on any atom is 0.231 e. The summed E-state index contributed by atoms with van der Waals surface area (Å²) >= 11 is 0. The predicted octanol–water partition coefficient (Wildman–Crippen LogP) is 2.55. The van der Waals surface area contributed by atoms with Crippen LogP contribution in [0.4, 0.5) is 0 Å². The Labute approximate surface area is 111 Å². The lowest BCUT2D eigenvalue weighted by Gasteiger charge is -2.19. The molecule has 0 aliphatic carbocycles. The van der Waals surface area contributed by atoms with Crippen molar-refractivity contribution in [1.82, 2.24) is 15.5 Å². The summed E-state index contributed by atoms with van der Waals surface area (Å²) < 4.78 is 10.7. The summed E-state index contributed by atoms with van der Waals surface area (Å²) in [5.41, 5.74) is 2.33. The van der Waals surface area contributed by atoms with E-state index in [9.17, 15) is 0 Å². The number of H-pyrrole nitrogens is 1. The standard InChI is InChI=1S/C14H17N3O2/c1-9(17-10(2)12-6-15-16-7-12)11-3-4-13-14(5-11)19-8-18-13/h3-7,9-10,17H,8H2,1-2H3,(H,15,16). The van der Waals surface area contributed by atoms with Crippen molar-refractivity contribution >= 4 is 0 Å². The molecule has 5 heteroatoms. The molecule has 1 aromatic heterocycles. The maximum atomic E-state index is 5.40. The van der Waals surface area contributed by atoms with Crippen molar-refractivity contribution in [1.29, 1.82) is 0 Å². The Balaban J connectivity index is 1.72. The molecule has 1 aromatic carbocycles. The van der Waals surface area contributed by atoms with Crippen molar-refractivity contribution in [3.63, 3.8) is 0 Å². The van der Waals surface area contributed by atoms with E-state index < -0.39 is 0 Å². The molecule has 100 valence electrons. The molecular formula is C14H17N3O2. The summed E-state index contributed by atoms with van der Waals surface area (Å²) in [4.78, 5) is 0. The summed E-state index contributed by atoms with van der Waals surface area (Å²) in [6.45, 7) is 4.56. The van der Waals surface area contributed by atoms with Gasteiger partial charge in [0.25, 0.3) is 0 Å². The number of fused-ring (bicyclic) bond motifs is 1. The minimum absolute atomic E-state index is 0.222. The molecular weight excluding hydrogens is 242 g/mol. The molecule has 5 nitrogen and oxygen atoms in total. The Morgan fingerprint density at radius 1 is 1.16 bits per heavy atom. The number of aromatic nitrogens is 2. The van der Waals surface area contributed by atoms with E-state index in [1.165, 1.54) is 5.56 Å². The number of aromatic amines is 1. The van der Waals surface area contributed by atoms with Crippen LogP contribution in [0.2, 0.25) is 0 Å². The molecule has 2 unspecified atom stereocenters. The van der Waals surface area contributed by atoms with Gasteiger partial charge < -0.3 is 14.8 Å². The number of nitrogens with zero attached hydrogens (tertiary/aromatic N) is 1. The highest BCUT2D eigenvalue weighted by Crippen LogP contribution is 2.34. The second kappa shape index (κ2) is 4.93. The summed E-state index contributed by atoms with van der Waals surface area (Å²) in [6.07, 6.45) is 3.74. The quantitative estimate of drug-likeness (QED) is 0.886. The van der Waals surface area contributed by atoms with Gasteiger partial charge in [0.15, 0.2) is 11.5 Å². The summed E-state index contributed by atoms with van der Waals surface area (Å²) in [7, 11) is 0. The monoisotopic (exact) mass is 259 g/mol. The van der Waals surface area contributed by atoms with Crippen LogP contribution in [0, 0.1) is 0 Å². The van der Waals surface area contributed by atoms with Crippen LogP contribution in [0.1, 0.15) is 37.1 Å². The van der Waals surface area contributed by atoms with Gasteiger partial charge in [0.2, 0.25) is 6.79 Å². The maximum absolute atomic E-state index is 5.40. The molecule has 0 radical (unpaired) electrons. The van der Waals surface area contributed by atoms with Crippen molar-refractivity contribution in [3.8, 4) is 11.5 Å². The average Bonchev–Trinajstić information content (AvgIpc) is 3.09. The number of rotatable bonds is 4. The molecule has 2 aromatic rings. The first-order valence-corrected chi connectivity index (χ1v) is 6.38. The molecule has 0 saturated heterocycles. The van der Waals surface area contributed by atoms with Crippen LogP contribution in [0.15, 0.2) is 30.6 Å². The minimum Gasteiger partial charge on any atom is -0.454 e. The molecule has 0 bridgehead atoms. The number of hydrogen-bond donors (Lipinski definition) is 2. The van der Waals surface area contributed by atoms with Crippen LogP contribution in [0.5, 0.6) is 11.5 Å². The van der Waals surface area contributed by atoms with E-state index in [2.05, 4.69) is 35.4 Å². The van der Waals surface area contributed by atoms with E-state index in [0.29, 0.717) is 6.79 Å². The highest BCUT2D eigenvalue weighted by Gasteiger charge is 2.17. The van der Waals surface area contributed by atoms with E-state index in [1.54, 1.807) is 0 Å². The van der Waals surface area contributed by atoms with Gasteiger partial charge in [0.05, 0.1) is 6.20 Å². The molecule has 19 heavy (non-hydrogen) atoms. The van der Waals surface area contributed by atoms with Crippen LogP contribution in [-0.2, 0) is 0 Å². The van der Waals surface area contributed by atoms with Gasteiger partial charge in [-0.05, 0) is 31.5 Å². The first kappa shape index (κ1) is 12.0. The lowest BCUT2D eigenvalue weighted by molar-refractivity contribution is 0.174. The molecule has 0 spiro atoms. The second-order valence-electron chi connectivity index (χ2n) is 4.75. The fraction of sp³-hybridized carbons (Fsp3) is 0.357. The topological polar surface area (TPSA) is 59.2 Å². The molecule has 3 rings (SSSR count). The molecule has 1 aliphatic heterocycles. The Morgan fingerprint density at radius 2 is 1.95 bits per heavy atom. The van der Waals surface area contributed by atoms with Gasteiger partial charge in [-0.3, -0.25) is 5.10 Å². The zero-order chi connectivity index (χ0) is 13.2. The smallest absolute Gasteiger partial charge is 0.231 e. The predicted molar refractivity (Wildman–Crippen MR) is 71.1 cm³/mol. The van der Waals surface area contributed by atoms with Gasteiger partial charge in [-0.15, -0.1) is 0 Å². The molecule has 0 fully saturated rings. The number of nitrogens with one attached hydrogen (secondary N) is 2. The fourth-order valence-corrected chi connectivity index (χ4v) is 2.25. The Kier molecular flexibility index (Phi) is 3.13. The Bertz CT molecular complexity index is 554. The van der Waals surface area contributed by atoms with Gasteiger partial charge in [0, 0.05) is 23.8 Å².